The Morgan fingerprint density at radius 3 is 2.29 bits per heavy atom. The maximum absolute atomic E-state index is 13.0. The van der Waals surface area contributed by atoms with E-state index in [2.05, 4.69) is 0 Å². The highest BCUT2D eigenvalue weighted by Gasteiger charge is 2.22. The molecule has 0 fully saturated rings. The van der Waals surface area contributed by atoms with Gasteiger partial charge < -0.3 is 9.67 Å². The molecule has 0 aliphatic carbocycles. The number of hydrogen-bond acceptors (Lipinski definition) is 2. The van der Waals surface area contributed by atoms with Crippen LogP contribution >= 0.6 is 0 Å². The van der Waals surface area contributed by atoms with Gasteiger partial charge in [0.15, 0.2) is 0 Å². The van der Waals surface area contributed by atoms with E-state index in [9.17, 15) is 14.3 Å². The average Bonchev–Trinajstić information content (AvgIpc) is 2.41. The molecule has 0 atom stereocenters. The van der Waals surface area contributed by atoms with E-state index in [4.69, 9.17) is 0 Å². The van der Waals surface area contributed by atoms with Crippen LogP contribution in [0.25, 0.3) is 11.3 Å². The van der Waals surface area contributed by atoms with Gasteiger partial charge in [-0.05, 0) is 62.2 Å². The van der Waals surface area contributed by atoms with E-state index in [0.29, 0.717) is 12.1 Å². The zero-order valence-corrected chi connectivity index (χ0v) is 12.6. The third kappa shape index (κ3) is 3.22. The topological polar surface area (TPSA) is 42.2 Å². The third-order valence-corrected chi connectivity index (χ3v) is 3.42. The molecule has 0 aliphatic rings. The van der Waals surface area contributed by atoms with Crippen molar-refractivity contribution in [2.45, 2.75) is 39.3 Å². The molecule has 1 aromatic heterocycles. The summed E-state index contributed by atoms with van der Waals surface area (Å²) in [5.41, 5.74) is 0.487. The molecule has 3 nitrogen and oxygen atoms in total. The third-order valence-electron chi connectivity index (χ3n) is 3.42. The van der Waals surface area contributed by atoms with Gasteiger partial charge in [-0.1, -0.05) is 6.92 Å². The maximum atomic E-state index is 13.0. The lowest BCUT2D eigenvalue weighted by Gasteiger charge is -2.20. The lowest BCUT2D eigenvalue weighted by molar-refractivity contribution is 0.0765. The van der Waals surface area contributed by atoms with Gasteiger partial charge in [0, 0.05) is 12.1 Å². The predicted octanol–water partition coefficient (Wildman–Crippen LogP) is 3.29. The molecule has 2 rings (SSSR count). The van der Waals surface area contributed by atoms with E-state index in [0.717, 1.165) is 17.7 Å². The van der Waals surface area contributed by atoms with Crippen LogP contribution in [0.15, 0.2) is 41.2 Å². The number of benzene rings is 1. The molecule has 0 amide bonds. The van der Waals surface area contributed by atoms with Crippen molar-refractivity contribution in [1.82, 2.24) is 4.57 Å². The first-order chi connectivity index (χ1) is 9.84. The predicted molar refractivity (Wildman–Crippen MR) is 81.6 cm³/mol. The number of rotatable bonds is 4. The van der Waals surface area contributed by atoms with Crippen molar-refractivity contribution < 1.29 is 9.50 Å². The van der Waals surface area contributed by atoms with Gasteiger partial charge in [-0.25, -0.2) is 4.39 Å². The van der Waals surface area contributed by atoms with Gasteiger partial charge in [0.05, 0.1) is 11.3 Å². The summed E-state index contributed by atoms with van der Waals surface area (Å²) in [5, 5.41) is 10.1. The normalized spacial score (nSPS) is 11.7. The van der Waals surface area contributed by atoms with Gasteiger partial charge >= 0.3 is 0 Å². The quantitative estimate of drug-likeness (QED) is 0.938. The van der Waals surface area contributed by atoms with Crippen molar-refractivity contribution in [1.29, 1.82) is 0 Å². The minimum atomic E-state index is -1.19. The van der Waals surface area contributed by atoms with E-state index in [-0.39, 0.29) is 11.4 Å². The van der Waals surface area contributed by atoms with Crippen LogP contribution in [0.1, 0.15) is 32.8 Å². The highest BCUT2D eigenvalue weighted by atomic mass is 19.1. The summed E-state index contributed by atoms with van der Waals surface area (Å²) in [5.74, 6) is -0.309. The second kappa shape index (κ2) is 5.82. The van der Waals surface area contributed by atoms with Gasteiger partial charge in [0.2, 0.25) is 0 Å². The zero-order valence-electron chi connectivity index (χ0n) is 12.6. The Balaban J connectivity index is 2.65. The molecule has 2 aromatic rings. The molecule has 0 radical (unpaired) electrons. The molecule has 0 aliphatic heterocycles. The smallest absolute Gasteiger partial charge is 0.257 e. The standard InChI is InChI=1S/C17H20FNO2/c1-4-11-19-15(12-5-7-13(18)8-6-12)10-9-14(16(19)20)17(2,3)21/h5-10,21H,4,11H2,1-3H3. The van der Waals surface area contributed by atoms with Crippen LogP contribution in [-0.4, -0.2) is 9.67 Å². The van der Waals surface area contributed by atoms with Crippen LogP contribution in [0.5, 0.6) is 0 Å². The molecular formula is C17H20FNO2. The minimum Gasteiger partial charge on any atom is -0.386 e. The Hall–Kier alpha value is -1.94. The van der Waals surface area contributed by atoms with E-state index < -0.39 is 5.60 Å². The molecule has 0 unspecified atom stereocenters. The van der Waals surface area contributed by atoms with E-state index in [1.54, 1.807) is 42.7 Å². The Bertz CT molecular complexity index is 681. The SMILES string of the molecule is CCCn1c(-c2ccc(F)cc2)ccc(C(C)(C)O)c1=O. The maximum Gasteiger partial charge on any atom is 0.257 e. The molecule has 112 valence electrons. The van der Waals surface area contributed by atoms with E-state index in [1.165, 1.54) is 12.1 Å². The summed E-state index contributed by atoms with van der Waals surface area (Å²) in [6.45, 7) is 5.72. The monoisotopic (exact) mass is 289 g/mol. The Labute approximate surface area is 123 Å². The minimum absolute atomic E-state index is 0.203. The first-order valence-corrected chi connectivity index (χ1v) is 7.07. The Morgan fingerprint density at radius 2 is 1.76 bits per heavy atom. The van der Waals surface area contributed by atoms with Crippen LogP contribution in [0.3, 0.4) is 0 Å². The zero-order chi connectivity index (χ0) is 15.6. The van der Waals surface area contributed by atoms with Crippen LogP contribution < -0.4 is 5.56 Å². The Kier molecular flexibility index (Phi) is 4.28. The fourth-order valence-corrected chi connectivity index (χ4v) is 2.36. The number of nitrogens with zero attached hydrogens (tertiary/aromatic N) is 1. The summed E-state index contributed by atoms with van der Waals surface area (Å²) < 4.78 is 14.7. The van der Waals surface area contributed by atoms with E-state index >= 15 is 0 Å². The highest BCUT2D eigenvalue weighted by molar-refractivity contribution is 5.60. The second-order valence-corrected chi connectivity index (χ2v) is 5.65. The fourth-order valence-electron chi connectivity index (χ4n) is 2.36. The number of halogens is 1. The lowest BCUT2D eigenvalue weighted by atomic mass is 9.98. The van der Waals surface area contributed by atoms with Gasteiger partial charge in [0.1, 0.15) is 5.82 Å². The van der Waals surface area contributed by atoms with Crippen molar-refractivity contribution in [3.63, 3.8) is 0 Å². The lowest BCUT2D eigenvalue weighted by Crippen LogP contribution is -2.32. The number of pyridine rings is 1. The van der Waals surface area contributed by atoms with Crippen LogP contribution in [0.2, 0.25) is 0 Å². The van der Waals surface area contributed by atoms with Gasteiger partial charge in [0.25, 0.3) is 5.56 Å². The van der Waals surface area contributed by atoms with E-state index in [1.807, 2.05) is 6.92 Å². The second-order valence-electron chi connectivity index (χ2n) is 5.65. The molecule has 1 heterocycles. The van der Waals surface area contributed by atoms with Gasteiger partial charge in [-0.15, -0.1) is 0 Å². The van der Waals surface area contributed by atoms with Crippen molar-refractivity contribution in [2.75, 3.05) is 0 Å². The number of aliphatic hydroxyl groups is 1. The summed E-state index contributed by atoms with van der Waals surface area (Å²) >= 11 is 0. The molecule has 4 heteroatoms. The van der Waals surface area contributed by atoms with Gasteiger partial charge in [-0.2, -0.15) is 0 Å². The first kappa shape index (κ1) is 15.4. The first-order valence-electron chi connectivity index (χ1n) is 7.07. The summed E-state index contributed by atoms with van der Waals surface area (Å²) in [6, 6.07) is 9.50. The number of hydrogen-bond donors (Lipinski definition) is 1. The fraction of sp³-hybridized carbons (Fsp3) is 0.353. The summed E-state index contributed by atoms with van der Waals surface area (Å²) in [7, 11) is 0. The van der Waals surface area contributed by atoms with Gasteiger partial charge in [-0.3, -0.25) is 4.79 Å². The Morgan fingerprint density at radius 1 is 1.14 bits per heavy atom. The van der Waals surface area contributed by atoms with Crippen LogP contribution in [0.4, 0.5) is 4.39 Å². The average molecular weight is 289 g/mol. The molecule has 0 saturated heterocycles. The summed E-state index contributed by atoms with van der Waals surface area (Å²) in [6.07, 6.45) is 0.795. The van der Waals surface area contributed by atoms with Crippen molar-refractivity contribution >= 4 is 0 Å². The van der Waals surface area contributed by atoms with Crippen LogP contribution in [0, 0.1) is 5.82 Å². The largest absolute Gasteiger partial charge is 0.386 e. The molecule has 21 heavy (non-hydrogen) atoms. The summed E-state index contributed by atoms with van der Waals surface area (Å²) in [4.78, 5) is 12.6. The highest BCUT2D eigenvalue weighted by Crippen LogP contribution is 2.22. The number of aromatic nitrogens is 1. The molecule has 1 aromatic carbocycles. The van der Waals surface area contributed by atoms with Crippen molar-refractivity contribution in [3.8, 4) is 11.3 Å². The molecular weight excluding hydrogens is 269 g/mol. The molecule has 0 saturated carbocycles. The van der Waals surface area contributed by atoms with Crippen molar-refractivity contribution in [3.05, 3.63) is 58.1 Å². The molecule has 0 bridgehead atoms. The molecule has 1 N–H and O–H groups in total. The van der Waals surface area contributed by atoms with Crippen LogP contribution in [-0.2, 0) is 12.1 Å². The van der Waals surface area contributed by atoms with Crippen molar-refractivity contribution in [2.24, 2.45) is 0 Å². The molecule has 0 spiro atoms.